The van der Waals surface area contributed by atoms with Gasteiger partial charge in [0.15, 0.2) is 11.5 Å². The summed E-state index contributed by atoms with van der Waals surface area (Å²) in [7, 11) is 0. The minimum absolute atomic E-state index is 0.0221. The Hall–Kier alpha value is -1.26. The molecule has 3 unspecified atom stereocenters. The van der Waals surface area contributed by atoms with E-state index in [2.05, 4.69) is 0 Å². The molecule has 0 amide bonds. The highest BCUT2D eigenvalue weighted by Crippen LogP contribution is 2.38. The van der Waals surface area contributed by atoms with Gasteiger partial charge in [-0.1, -0.05) is 18.9 Å². The zero-order valence-corrected chi connectivity index (χ0v) is 10.8. The van der Waals surface area contributed by atoms with E-state index in [1.807, 2.05) is 18.2 Å². The molecule has 102 valence electrons. The van der Waals surface area contributed by atoms with Crippen LogP contribution in [0.25, 0.3) is 0 Å². The summed E-state index contributed by atoms with van der Waals surface area (Å²) in [5.41, 5.74) is 1.12. The number of hydrogen-bond donors (Lipinski definition) is 0. The molecule has 2 fully saturated rings. The smallest absolute Gasteiger partial charge is 0.231 e. The fourth-order valence-corrected chi connectivity index (χ4v) is 3.16. The maximum Gasteiger partial charge on any atom is 0.231 e. The molecule has 2 aliphatic heterocycles. The maximum absolute atomic E-state index is 6.21. The molecule has 1 aromatic rings. The quantitative estimate of drug-likeness (QED) is 0.780. The Balaban J connectivity index is 1.53. The van der Waals surface area contributed by atoms with Gasteiger partial charge in [0.25, 0.3) is 0 Å². The van der Waals surface area contributed by atoms with Gasteiger partial charge in [0, 0.05) is 0 Å². The number of rotatable bonds is 1. The Morgan fingerprint density at radius 2 is 1.79 bits per heavy atom. The van der Waals surface area contributed by atoms with Crippen molar-refractivity contribution < 1.29 is 18.9 Å². The molecule has 1 saturated heterocycles. The molecular weight excluding hydrogens is 244 g/mol. The van der Waals surface area contributed by atoms with E-state index in [-0.39, 0.29) is 12.2 Å². The SMILES string of the molecule is c1cc2c(cc1C1COC3CCCCC3O1)OCO2. The molecule has 0 bridgehead atoms. The summed E-state index contributed by atoms with van der Waals surface area (Å²) >= 11 is 0. The van der Waals surface area contributed by atoms with E-state index in [0.29, 0.717) is 19.5 Å². The third-order valence-corrected chi connectivity index (χ3v) is 4.21. The second-order valence-corrected chi connectivity index (χ2v) is 5.43. The molecule has 0 spiro atoms. The fourth-order valence-electron chi connectivity index (χ4n) is 3.16. The van der Waals surface area contributed by atoms with Crippen LogP contribution < -0.4 is 9.47 Å². The molecule has 1 saturated carbocycles. The average Bonchev–Trinajstić information content (AvgIpc) is 2.94. The highest BCUT2D eigenvalue weighted by atomic mass is 16.7. The Bertz CT molecular complexity index is 473. The summed E-state index contributed by atoms with van der Waals surface area (Å²) in [6, 6.07) is 6.01. The standard InChI is InChI=1S/C15H18O4/c1-2-4-13-11(3-1)16-8-15(19-13)10-5-6-12-14(7-10)18-9-17-12/h5-7,11,13,15H,1-4,8-9H2. The van der Waals surface area contributed by atoms with Crippen LogP contribution >= 0.6 is 0 Å². The number of hydrogen-bond acceptors (Lipinski definition) is 4. The van der Waals surface area contributed by atoms with Gasteiger partial charge < -0.3 is 18.9 Å². The van der Waals surface area contributed by atoms with Crippen LogP contribution in [0.1, 0.15) is 37.4 Å². The van der Waals surface area contributed by atoms with Crippen molar-refractivity contribution in [3.8, 4) is 11.5 Å². The van der Waals surface area contributed by atoms with Crippen LogP contribution in [0.4, 0.5) is 0 Å². The van der Waals surface area contributed by atoms with Crippen molar-refractivity contribution in [2.45, 2.75) is 44.0 Å². The summed E-state index contributed by atoms with van der Waals surface area (Å²) in [5.74, 6) is 1.63. The van der Waals surface area contributed by atoms with Crippen molar-refractivity contribution in [2.24, 2.45) is 0 Å². The van der Waals surface area contributed by atoms with Gasteiger partial charge in [-0.25, -0.2) is 0 Å². The molecule has 4 nitrogen and oxygen atoms in total. The Labute approximate surface area is 112 Å². The third-order valence-electron chi connectivity index (χ3n) is 4.21. The third kappa shape index (κ3) is 2.09. The van der Waals surface area contributed by atoms with Crippen LogP contribution in [-0.4, -0.2) is 25.6 Å². The summed E-state index contributed by atoms with van der Waals surface area (Å²) in [6.07, 6.45) is 5.35. The Morgan fingerprint density at radius 3 is 2.74 bits per heavy atom. The average molecular weight is 262 g/mol. The van der Waals surface area contributed by atoms with E-state index in [9.17, 15) is 0 Å². The first-order chi connectivity index (χ1) is 9.40. The highest BCUT2D eigenvalue weighted by Gasteiger charge is 2.34. The van der Waals surface area contributed by atoms with Gasteiger partial charge in [0.1, 0.15) is 6.10 Å². The van der Waals surface area contributed by atoms with E-state index in [0.717, 1.165) is 29.9 Å². The van der Waals surface area contributed by atoms with Crippen molar-refractivity contribution in [1.82, 2.24) is 0 Å². The molecule has 2 heterocycles. The first-order valence-electron chi connectivity index (χ1n) is 7.07. The van der Waals surface area contributed by atoms with Crippen molar-refractivity contribution in [3.63, 3.8) is 0 Å². The molecular formula is C15H18O4. The topological polar surface area (TPSA) is 36.9 Å². The van der Waals surface area contributed by atoms with Crippen molar-refractivity contribution in [2.75, 3.05) is 13.4 Å². The summed E-state index contributed by atoms with van der Waals surface area (Å²) in [4.78, 5) is 0. The lowest BCUT2D eigenvalue weighted by molar-refractivity contribution is -0.194. The minimum atomic E-state index is 0.0221. The molecule has 0 aromatic heterocycles. The van der Waals surface area contributed by atoms with Gasteiger partial charge in [-0.3, -0.25) is 0 Å². The van der Waals surface area contributed by atoms with E-state index in [4.69, 9.17) is 18.9 Å². The van der Waals surface area contributed by atoms with E-state index < -0.39 is 0 Å². The lowest BCUT2D eigenvalue weighted by Gasteiger charge is -2.39. The molecule has 4 heteroatoms. The normalized spacial score (nSPS) is 32.9. The summed E-state index contributed by atoms with van der Waals surface area (Å²) in [6.45, 7) is 0.951. The van der Waals surface area contributed by atoms with E-state index in [1.165, 1.54) is 12.8 Å². The van der Waals surface area contributed by atoms with Crippen LogP contribution in [-0.2, 0) is 9.47 Å². The van der Waals surface area contributed by atoms with Gasteiger partial charge in [0.2, 0.25) is 6.79 Å². The molecule has 1 aromatic carbocycles. The summed E-state index contributed by atoms with van der Waals surface area (Å²) < 4.78 is 22.9. The number of benzene rings is 1. The summed E-state index contributed by atoms with van der Waals surface area (Å²) in [5, 5.41) is 0. The molecule has 3 atom stereocenters. The van der Waals surface area contributed by atoms with Crippen LogP contribution in [0.5, 0.6) is 11.5 Å². The lowest BCUT2D eigenvalue weighted by atomic mass is 9.93. The molecule has 0 radical (unpaired) electrons. The zero-order valence-electron chi connectivity index (χ0n) is 10.8. The molecule has 1 aliphatic carbocycles. The maximum atomic E-state index is 6.21. The van der Waals surface area contributed by atoms with Gasteiger partial charge in [-0.2, -0.15) is 0 Å². The van der Waals surface area contributed by atoms with Crippen molar-refractivity contribution in [1.29, 1.82) is 0 Å². The predicted molar refractivity (Wildman–Crippen MR) is 68.4 cm³/mol. The van der Waals surface area contributed by atoms with Gasteiger partial charge in [0.05, 0.1) is 18.8 Å². The van der Waals surface area contributed by atoms with Crippen LogP contribution in [0, 0.1) is 0 Å². The van der Waals surface area contributed by atoms with Gasteiger partial charge in [-0.15, -0.1) is 0 Å². The number of ether oxygens (including phenoxy) is 4. The second-order valence-electron chi connectivity index (χ2n) is 5.43. The van der Waals surface area contributed by atoms with Gasteiger partial charge >= 0.3 is 0 Å². The van der Waals surface area contributed by atoms with Crippen molar-refractivity contribution >= 4 is 0 Å². The first-order valence-corrected chi connectivity index (χ1v) is 7.07. The monoisotopic (exact) mass is 262 g/mol. The molecule has 4 rings (SSSR count). The highest BCUT2D eigenvalue weighted by molar-refractivity contribution is 5.45. The van der Waals surface area contributed by atoms with E-state index >= 15 is 0 Å². The van der Waals surface area contributed by atoms with Crippen LogP contribution in [0.3, 0.4) is 0 Å². The largest absolute Gasteiger partial charge is 0.454 e. The molecule has 19 heavy (non-hydrogen) atoms. The number of fused-ring (bicyclic) bond motifs is 2. The predicted octanol–water partition coefficient (Wildman–Crippen LogP) is 2.81. The molecule has 3 aliphatic rings. The zero-order chi connectivity index (χ0) is 12.7. The van der Waals surface area contributed by atoms with E-state index in [1.54, 1.807) is 0 Å². The van der Waals surface area contributed by atoms with Crippen LogP contribution in [0.15, 0.2) is 18.2 Å². The fraction of sp³-hybridized carbons (Fsp3) is 0.600. The first kappa shape index (κ1) is 11.6. The van der Waals surface area contributed by atoms with Crippen molar-refractivity contribution in [3.05, 3.63) is 23.8 Å². The molecule has 0 N–H and O–H groups in total. The Kier molecular flexibility index (Phi) is 2.85. The lowest BCUT2D eigenvalue weighted by Crippen LogP contribution is -2.41. The van der Waals surface area contributed by atoms with Gasteiger partial charge in [-0.05, 0) is 30.5 Å². The van der Waals surface area contributed by atoms with Crippen LogP contribution in [0.2, 0.25) is 0 Å². The second kappa shape index (κ2) is 4.69. The minimum Gasteiger partial charge on any atom is -0.454 e. The Morgan fingerprint density at radius 1 is 0.947 bits per heavy atom.